The summed E-state index contributed by atoms with van der Waals surface area (Å²) < 4.78 is 5.59. The standard InChI is InChI=1S/C17H25N3O/c1-13-3-2-4-14(18-13)11-19-8-5-17-16(19)6-9-20(17)15-7-10-21-12-15/h2-4,15-17H,5-12H2,1H3/t15?,16-,17+/m0/s1. The number of ether oxygens (including phenoxy) is 1. The Labute approximate surface area is 127 Å². The highest BCUT2D eigenvalue weighted by Gasteiger charge is 2.45. The zero-order chi connectivity index (χ0) is 14.2. The first kappa shape index (κ1) is 13.7. The molecule has 0 aromatic carbocycles. The lowest BCUT2D eigenvalue weighted by atomic mass is 10.1. The van der Waals surface area contributed by atoms with E-state index in [2.05, 4.69) is 39.9 Å². The van der Waals surface area contributed by atoms with E-state index in [1.165, 1.54) is 38.0 Å². The summed E-state index contributed by atoms with van der Waals surface area (Å²) in [5.74, 6) is 0. The van der Waals surface area contributed by atoms with Gasteiger partial charge in [-0.2, -0.15) is 0 Å². The van der Waals surface area contributed by atoms with Crippen LogP contribution in [0.25, 0.3) is 0 Å². The van der Waals surface area contributed by atoms with Gasteiger partial charge in [-0.15, -0.1) is 0 Å². The van der Waals surface area contributed by atoms with Crippen molar-refractivity contribution in [3.05, 3.63) is 29.6 Å². The molecular weight excluding hydrogens is 262 g/mol. The summed E-state index contributed by atoms with van der Waals surface area (Å²) in [6, 6.07) is 8.53. The number of likely N-dealkylation sites (tertiary alicyclic amines) is 2. The molecule has 3 fully saturated rings. The van der Waals surface area contributed by atoms with E-state index in [1.54, 1.807) is 0 Å². The molecule has 3 saturated heterocycles. The lowest BCUT2D eigenvalue weighted by Crippen LogP contribution is -2.42. The molecule has 4 heteroatoms. The molecule has 114 valence electrons. The topological polar surface area (TPSA) is 28.6 Å². The zero-order valence-electron chi connectivity index (χ0n) is 12.9. The second kappa shape index (κ2) is 5.67. The van der Waals surface area contributed by atoms with E-state index in [-0.39, 0.29) is 0 Å². The largest absolute Gasteiger partial charge is 0.380 e. The Balaban J connectivity index is 1.43. The molecule has 3 atom stereocenters. The van der Waals surface area contributed by atoms with Gasteiger partial charge in [-0.1, -0.05) is 6.07 Å². The van der Waals surface area contributed by atoms with Gasteiger partial charge < -0.3 is 4.74 Å². The van der Waals surface area contributed by atoms with Gasteiger partial charge in [0.2, 0.25) is 0 Å². The first-order chi connectivity index (χ1) is 10.3. The fraction of sp³-hybridized carbons (Fsp3) is 0.706. The maximum Gasteiger partial charge on any atom is 0.0622 e. The highest BCUT2D eigenvalue weighted by Crippen LogP contribution is 2.35. The van der Waals surface area contributed by atoms with Gasteiger partial charge in [0, 0.05) is 50.1 Å². The molecular formula is C17H25N3O. The van der Waals surface area contributed by atoms with Gasteiger partial charge in [0.1, 0.15) is 0 Å². The van der Waals surface area contributed by atoms with Crippen molar-refractivity contribution in [2.24, 2.45) is 0 Å². The van der Waals surface area contributed by atoms with Crippen molar-refractivity contribution in [2.75, 3.05) is 26.3 Å². The number of fused-ring (bicyclic) bond motifs is 1. The van der Waals surface area contributed by atoms with Crippen molar-refractivity contribution in [1.82, 2.24) is 14.8 Å². The monoisotopic (exact) mass is 287 g/mol. The number of pyridine rings is 1. The van der Waals surface area contributed by atoms with Crippen molar-refractivity contribution < 1.29 is 4.74 Å². The van der Waals surface area contributed by atoms with Crippen molar-refractivity contribution in [2.45, 2.75) is 50.9 Å². The molecule has 4 nitrogen and oxygen atoms in total. The number of aromatic nitrogens is 1. The van der Waals surface area contributed by atoms with Gasteiger partial charge in [0.15, 0.2) is 0 Å². The van der Waals surface area contributed by atoms with Gasteiger partial charge in [0.25, 0.3) is 0 Å². The summed E-state index contributed by atoms with van der Waals surface area (Å²) in [5.41, 5.74) is 2.35. The molecule has 0 radical (unpaired) electrons. The van der Waals surface area contributed by atoms with Crippen LogP contribution in [-0.4, -0.2) is 59.2 Å². The van der Waals surface area contributed by atoms with Crippen molar-refractivity contribution in [1.29, 1.82) is 0 Å². The maximum atomic E-state index is 5.59. The van der Waals surface area contributed by atoms with Crippen LogP contribution in [0.15, 0.2) is 18.2 Å². The van der Waals surface area contributed by atoms with Crippen LogP contribution >= 0.6 is 0 Å². The summed E-state index contributed by atoms with van der Waals surface area (Å²) in [6.45, 7) is 7.46. The molecule has 0 aliphatic carbocycles. The lowest BCUT2D eigenvalue weighted by Gasteiger charge is -2.29. The minimum Gasteiger partial charge on any atom is -0.380 e. The molecule has 21 heavy (non-hydrogen) atoms. The average Bonchev–Trinajstić information content (AvgIpc) is 3.16. The van der Waals surface area contributed by atoms with E-state index in [0.717, 1.165) is 37.5 Å². The summed E-state index contributed by atoms with van der Waals surface area (Å²) in [4.78, 5) is 10.1. The summed E-state index contributed by atoms with van der Waals surface area (Å²) in [7, 11) is 0. The van der Waals surface area contributed by atoms with Gasteiger partial charge in [-0.25, -0.2) is 0 Å². The van der Waals surface area contributed by atoms with Crippen LogP contribution in [-0.2, 0) is 11.3 Å². The van der Waals surface area contributed by atoms with Gasteiger partial charge >= 0.3 is 0 Å². The van der Waals surface area contributed by atoms with E-state index in [1.807, 2.05) is 0 Å². The Hall–Kier alpha value is -0.970. The van der Waals surface area contributed by atoms with E-state index >= 15 is 0 Å². The van der Waals surface area contributed by atoms with Crippen molar-refractivity contribution in [3.8, 4) is 0 Å². The Kier molecular flexibility index (Phi) is 3.69. The fourth-order valence-electron chi connectivity index (χ4n) is 4.44. The summed E-state index contributed by atoms with van der Waals surface area (Å²) in [6.07, 6.45) is 3.85. The number of rotatable bonds is 3. The van der Waals surface area contributed by atoms with E-state index in [0.29, 0.717) is 6.04 Å². The van der Waals surface area contributed by atoms with Crippen molar-refractivity contribution >= 4 is 0 Å². The van der Waals surface area contributed by atoms with Crippen LogP contribution < -0.4 is 0 Å². The van der Waals surface area contributed by atoms with Crippen LogP contribution in [0.3, 0.4) is 0 Å². The second-order valence-corrected chi connectivity index (χ2v) is 6.71. The van der Waals surface area contributed by atoms with Crippen LogP contribution in [0, 0.1) is 6.92 Å². The van der Waals surface area contributed by atoms with Crippen LogP contribution in [0.2, 0.25) is 0 Å². The predicted octanol–water partition coefficient (Wildman–Crippen LogP) is 1.83. The molecule has 3 aliphatic rings. The molecule has 0 bridgehead atoms. The van der Waals surface area contributed by atoms with Crippen molar-refractivity contribution in [3.63, 3.8) is 0 Å². The Bertz CT molecular complexity index is 501. The summed E-state index contributed by atoms with van der Waals surface area (Å²) >= 11 is 0. The zero-order valence-corrected chi connectivity index (χ0v) is 12.9. The predicted molar refractivity (Wildman–Crippen MR) is 82.1 cm³/mol. The quantitative estimate of drug-likeness (QED) is 0.848. The van der Waals surface area contributed by atoms with E-state index in [4.69, 9.17) is 4.74 Å². The third-order valence-electron chi connectivity index (χ3n) is 5.42. The van der Waals surface area contributed by atoms with Crippen LogP contribution in [0.1, 0.15) is 30.7 Å². The Morgan fingerprint density at radius 2 is 2.10 bits per heavy atom. The maximum absolute atomic E-state index is 5.59. The van der Waals surface area contributed by atoms with Crippen LogP contribution in [0.4, 0.5) is 0 Å². The van der Waals surface area contributed by atoms with Gasteiger partial charge in [-0.05, 0) is 38.3 Å². The van der Waals surface area contributed by atoms with E-state index in [9.17, 15) is 0 Å². The molecule has 1 aromatic heterocycles. The molecule has 1 unspecified atom stereocenters. The molecule has 0 saturated carbocycles. The molecule has 0 spiro atoms. The summed E-state index contributed by atoms with van der Waals surface area (Å²) in [5, 5.41) is 0. The third-order valence-corrected chi connectivity index (χ3v) is 5.42. The van der Waals surface area contributed by atoms with Gasteiger partial charge in [0.05, 0.1) is 12.3 Å². The number of hydrogen-bond donors (Lipinski definition) is 0. The highest BCUT2D eigenvalue weighted by molar-refractivity contribution is 5.11. The third kappa shape index (κ3) is 2.60. The smallest absolute Gasteiger partial charge is 0.0622 e. The molecule has 4 heterocycles. The minimum absolute atomic E-state index is 0.678. The molecule has 3 aliphatic heterocycles. The first-order valence-corrected chi connectivity index (χ1v) is 8.31. The normalized spacial score (nSPS) is 33.7. The van der Waals surface area contributed by atoms with Gasteiger partial charge in [-0.3, -0.25) is 14.8 Å². The number of nitrogens with zero attached hydrogens (tertiary/aromatic N) is 3. The highest BCUT2D eigenvalue weighted by atomic mass is 16.5. The molecule has 1 aromatic rings. The molecule has 0 N–H and O–H groups in total. The fourth-order valence-corrected chi connectivity index (χ4v) is 4.44. The molecule has 4 rings (SSSR count). The lowest BCUT2D eigenvalue weighted by molar-refractivity contribution is 0.131. The minimum atomic E-state index is 0.678. The average molecular weight is 287 g/mol. The first-order valence-electron chi connectivity index (χ1n) is 8.31. The Morgan fingerprint density at radius 1 is 1.19 bits per heavy atom. The molecule has 0 amide bonds. The second-order valence-electron chi connectivity index (χ2n) is 6.71. The SMILES string of the molecule is Cc1cccc(CN2CC[C@@H]3[C@@H]2CCN3C2CCOC2)n1. The Morgan fingerprint density at radius 3 is 2.90 bits per heavy atom. The van der Waals surface area contributed by atoms with E-state index < -0.39 is 0 Å². The number of hydrogen-bond acceptors (Lipinski definition) is 4. The number of aryl methyl sites for hydroxylation is 1. The van der Waals surface area contributed by atoms with Crippen LogP contribution in [0.5, 0.6) is 0 Å².